The first-order valence-corrected chi connectivity index (χ1v) is 9.58. The Bertz CT molecular complexity index is 915. The highest BCUT2D eigenvalue weighted by atomic mass is 16.2. The molecule has 0 bridgehead atoms. The fourth-order valence-corrected chi connectivity index (χ4v) is 4.25. The molecular weight excluding hydrogens is 354 g/mol. The summed E-state index contributed by atoms with van der Waals surface area (Å²) in [6.07, 6.45) is 2.55. The highest BCUT2D eigenvalue weighted by Gasteiger charge is 2.36. The third-order valence-corrected chi connectivity index (χ3v) is 5.69. The van der Waals surface area contributed by atoms with E-state index in [4.69, 9.17) is 0 Å². The van der Waals surface area contributed by atoms with E-state index in [2.05, 4.69) is 29.2 Å². The number of carbonyl (C=O) groups is 2. The predicted octanol–water partition coefficient (Wildman–Crippen LogP) is 3.18. The molecular formula is C21H25N5O2. The molecule has 1 N–H and O–H groups in total. The number of nitrogens with zero attached hydrogens (tertiary/aromatic N) is 4. The standard InChI is InChI=1S/C21H25N5O2/c1-14-13-24(2)12-10-17(14)25(3)21(28)26-18-9-5-4-7-15(18)20(27)23-16-8-6-11-22-19(16)26/h4-9,11,14,17H,10,12-13H2,1-3H3,(H,23,27)/t14-,17+/m0/s1. The van der Waals surface area contributed by atoms with Crippen LogP contribution in [0.15, 0.2) is 42.6 Å². The second kappa shape index (κ2) is 7.24. The van der Waals surface area contributed by atoms with Crippen LogP contribution in [-0.4, -0.2) is 59.9 Å². The molecule has 1 saturated heterocycles. The number of rotatable bonds is 1. The second-order valence-corrected chi connectivity index (χ2v) is 7.67. The van der Waals surface area contributed by atoms with Crippen molar-refractivity contribution in [2.75, 3.05) is 37.4 Å². The van der Waals surface area contributed by atoms with Gasteiger partial charge in [0.2, 0.25) is 0 Å². The molecule has 4 rings (SSSR count). The smallest absolute Gasteiger partial charge is 0.324 e. The summed E-state index contributed by atoms with van der Waals surface area (Å²) in [5.41, 5.74) is 1.54. The van der Waals surface area contributed by atoms with Gasteiger partial charge in [-0.1, -0.05) is 19.1 Å². The minimum Gasteiger partial charge on any atom is -0.324 e. The van der Waals surface area contributed by atoms with Crippen LogP contribution in [0.1, 0.15) is 23.7 Å². The highest BCUT2D eigenvalue weighted by molar-refractivity contribution is 6.16. The maximum absolute atomic E-state index is 13.7. The summed E-state index contributed by atoms with van der Waals surface area (Å²) in [7, 11) is 3.96. The quantitative estimate of drug-likeness (QED) is 0.826. The van der Waals surface area contributed by atoms with Crippen LogP contribution in [0.3, 0.4) is 0 Å². The summed E-state index contributed by atoms with van der Waals surface area (Å²) in [5.74, 6) is 0.562. The van der Waals surface area contributed by atoms with E-state index in [1.165, 1.54) is 0 Å². The van der Waals surface area contributed by atoms with E-state index in [0.29, 0.717) is 28.7 Å². The van der Waals surface area contributed by atoms with Gasteiger partial charge >= 0.3 is 6.03 Å². The zero-order chi connectivity index (χ0) is 19.8. The predicted molar refractivity (Wildman–Crippen MR) is 109 cm³/mol. The lowest BCUT2D eigenvalue weighted by atomic mass is 9.93. The van der Waals surface area contributed by atoms with Gasteiger partial charge in [0.05, 0.1) is 16.9 Å². The summed E-state index contributed by atoms with van der Waals surface area (Å²) in [6.45, 7) is 4.09. The molecule has 1 aromatic carbocycles. The van der Waals surface area contributed by atoms with E-state index in [-0.39, 0.29) is 18.0 Å². The maximum atomic E-state index is 13.7. The number of aromatic nitrogens is 1. The third-order valence-electron chi connectivity index (χ3n) is 5.69. The number of fused-ring (bicyclic) bond motifs is 2. The van der Waals surface area contributed by atoms with Crippen LogP contribution in [0.5, 0.6) is 0 Å². The Hall–Kier alpha value is -2.93. The molecule has 0 unspecified atom stereocenters. The molecule has 2 aliphatic rings. The van der Waals surface area contributed by atoms with Gasteiger partial charge in [-0.25, -0.2) is 14.7 Å². The number of anilines is 3. The number of nitrogens with one attached hydrogen (secondary N) is 1. The Morgan fingerprint density at radius 3 is 2.82 bits per heavy atom. The van der Waals surface area contributed by atoms with Crippen molar-refractivity contribution in [1.29, 1.82) is 0 Å². The molecule has 7 nitrogen and oxygen atoms in total. The van der Waals surface area contributed by atoms with Crippen LogP contribution < -0.4 is 10.2 Å². The Kier molecular flexibility index (Phi) is 4.77. The molecule has 0 aliphatic carbocycles. The normalized spacial score (nSPS) is 22.0. The first-order valence-electron chi connectivity index (χ1n) is 9.58. The van der Waals surface area contributed by atoms with Crippen molar-refractivity contribution in [2.24, 2.45) is 5.92 Å². The zero-order valence-electron chi connectivity index (χ0n) is 16.4. The Morgan fingerprint density at radius 1 is 1.25 bits per heavy atom. The molecule has 1 aromatic heterocycles. The van der Waals surface area contributed by atoms with Crippen LogP contribution in [0.2, 0.25) is 0 Å². The van der Waals surface area contributed by atoms with Gasteiger partial charge < -0.3 is 15.1 Å². The molecule has 28 heavy (non-hydrogen) atoms. The van der Waals surface area contributed by atoms with Crippen LogP contribution >= 0.6 is 0 Å². The molecule has 0 spiro atoms. The Morgan fingerprint density at radius 2 is 2.04 bits per heavy atom. The van der Waals surface area contributed by atoms with Crippen LogP contribution in [0.25, 0.3) is 0 Å². The fourth-order valence-electron chi connectivity index (χ4n) is 4.25. The average molecular weight is 379 g/mol. The van der Waals surface area contributed by atoms with Crippen molar-refractivity contribution in [3.8, 4) is 0 Å². The second-order valence-electron chi connectivity index (χ2n) is 7.67. The van der Waals surface area contributed by atoms with Crippen molar-refractivity contribution in [1.82, 2.24) is 14.8 Å². The van der Waals surface area contributed by atoms with Gasteiger partial charge in [0, 0.05) is 25.8 Å². The van der Waals surface area contributed by atoms with Gasteiger partial charge in [-0.2, -0.15) is 0 Å². The molecule has 1 fully saturated rings. The van der Waals surface area contributed by atoms with Crippen molar-refractivity contribution in [3.05, 3.63) is 48.2 Å². The number of piperidine rings is 1. The average Bonchev–Trinajstić information content (AvgIpc) is 2.81. The number of likely N-dealkylation sites (tertiary alicyclic amines) is 1. The summed E-state index contributed by atoms with van der Waals surface area (Å²) in [4.78, 5) is 36.5. The SMILES string of the molecule is C[C@H]1CN(C)CC[C@H]1N(C)C(=O)N1c2ccccc2C(=O)Nc2cccnc21. The largest absolute Gasteiger partial charge is 0.330 e. The van der Waals surface area contributed by atoms with E-state index in [1.54, 1.807) is 41.4 Å². The molecule has 7 heteroatoms. The molecule has 3 amide bonds. The van der Waals surface area contributed by atoms with E-state index < -0.39 is 0 Å². The van der Waals surface area contributed by atoms with Gasteiger partial charge in [-0.15, -0.1) is 0 Å². The summed E-state index contributed by atoms with van der Waals surface area (Å²) in [6, 6.07) is 10.6. The van der Waals surface area contributed by atoms with Gasteiger partial charge in [-0.3, -0.25) is 4.79 Å². The van der Waals surface area contributed by atoms with Crippen LogP contribution in [0, 0.1) is 5.92 Å². The maximum Gasteiger partial charge on any atom is 0.330 e. The zero-order valence-corrected chi connectivity index (χ0v) is 16.4. The van der Waals surface area contributed by atoms with E-state index >= 15 is 0 Å². The number of para-hydroxylation sites is 1. The highest BCUT2D eigenvalue weighted by Crippen LogP contribution is 2.37. The Balaban J connectivity index is 1.77. The summed E-state index contributed by atoms with van der Waals surface area (Å²) < 4.78 is 0. The van der Waals surface area contributed by atoms with Gasteiger partial charge in [0.15, 0.2) is 5.82 Å². The molecule has 3 heterocycles. The monoisotopic (exact) mass is 379 g/mol. The molecule has 0 saturated carbocycles. The summed E-state index contributed by atoms with van der Waals surface area (Å²) >= 11 is 0. The van der Waals surface area contributed by atoms with Crippen LogP contribution in [0.4, 0.5) is 22.0 Å². The lowest BCUT2D eigenvalue weighted by Crippen LogP contribution is -2.52. The lowest BCUT2D eigenvalue weighted by Gasteiger charge is -2.41. The number of hydrogen-bond acceptors (Lipinski definition) is 4. The number of pyridine rings is 1. The van der Waals surface area contributed by atoms with E-state index in [0.717, 1.165) is 19.5 Å². The van der Waals surface area contributed by atoms with Crippen molar-refractivity contribution < 1.29 is 9.59 Å². The molecule has 2 atom stereocenters. The molecule has 2 aromatic rings. The molecule has 0 radical (unpaired) electrons. The van der Waals surface area contributed by atoms with Gasteiger partial charge in [0.25, 0.3) is 5.91 Å². The molecule has 2 aliphatic heterocycles. The number of carbonyl (C=O) groups excluding carboxylic acids is 2. The van der Waals surface area contributed by atoms with Crippen molar-refractivity contribution in [2.45, 2.75) is 19.4 Å². The summed E-state index contributed by atoms with van der Waals surface area (Å²) in [5, 5.41) is 2.88. The van der Waals surface area contributed by atoms with E-state index in [9.17, 15) is 9.59 Å². The Labute approximate surface area is 164 Å². The van der Waals surface area contributed by atoms with Gasteiger partial charge in [0.1, 0.15) is 0 Å². The number of amides is 3. The van der Waals surface area contributed by atoms with Crippen LogP contribution in [-0.2, 0) is 0 Å². The minimum atomic E-state index is -0.240. The van der Waals surface area contributed by atoms with Gasteiger partial charge in [-0.05, 0) is 50.2 Å². The fraction of sp³-hybridized carbons (Fsp3) is 0.381. The minimum absolute atomic E-state index is 0.134. The van der Waals surface area contributed by atoms with E-state index in [1.807, 2.05) is 18.0 Å². The van der Waals surface area contributed by atoms with Crippen molar-refractivity contribution in [3.63, 3.8) is 0 Å². The lowest BCUT2D eigenvalue weighted by molar-refractivity contribution is 0.102. The number of hydrogen-bond donors (Lipinski definition) is 1. The third kappa shape index (κ3) is 3.11. The topological polar surface area (TPSA) is 68.8 Å². The van der Waals surface area contributed by atoms with Crippen molar-refractivity contribution >= 4 is 29.1 Å². The number of urea groups is 1. The first kappa shape index (κ1) is 18.4. The first-order chi connectivity index (χ1) is 13.5. The molecule has 146 valence electrons. The number of benzene rings is 1.